The molecule has 3 rings (SSSR count). The third-order valence-electron chi connectivity index (χ3n) is 5.13. The number of nitrogens with zero attached hydrogens (tertiary/aromatic N) is 1. The van der Waals surface area contributed by atoms with Gasteiger partial charge in [-0.1, -0.05) is 18.5 Å². The second-order valence-electron chi connectivity index (χ2n) is 6.82. The molecule has 1 aromatic carbocycles. The third kappa shape index (κ3) is 3.59. The van der Waals surface area contributed by atoms with Crippen molar-refractivity contribution in [2.75, 3.05) is 26.8 Å². The van der Waals surface area contributed by atoms with Crippen molar-refractivity contribution >= 4 is 11.6 Å². The maximum Gasteiger partial charge on any atom is 0.179 e. The van der Waals surface area contributed by atoms with Gasteiger partial charge < -0.3 is 15.2 Å². The molecule has 2 fully saturated rings. The van der Waals surface area contributed by atoms with Gasteiger partial charge in [-0.25, -0.2) is 0 Å². The monoisotopic (exact) mass is 338 g/mol. The zero-order valence-electron chi connectivity index (χ0n) is 14.1. The Hall–Kier alpha value is -0.970. The van der Waals surface area contributed by atoms with Crippen LogP contribution in [0.3, 0.4) is 0 Å². The first-order chi connectivity index (χ1) is 11.1. The van der Waals surface area contributed by atoms with Crippen molar-refractivity contribution in [3.63, 3.8) is 0 Å². The van der Waals surface area contributed by atoms with E-state index in [9.17, 15) is 0 Å². The molecule has 4 nitrogen and oxygen atoms in total. The lowest BCUT2D eigenvalue weighted by Gasteiger charge is -2.20. The number of fused-ring (bicyclic) bond motifs is 1. The highest BCUT2D eigenvalue weighted by Crippen LogP contribution is 2.40. The van der Waals surface area contributed by atoms with Crippen molar-refractivity contribution in [2.24, 2.45) is 17.6 Å². The molecule has 1 aliphatic carbocycles. The summed E-state index contributed by atoms with van der Waals surface area (Å²) in [5, 5.41) is 0.629. The minimum absolute atomic E-state index is 0.382. The van der Waals surface area contributed by atoms with Crippen LogP contribution in [-0.2, 0) is 6.54 Å². The van der Waals surface area contributed by atoms with Crippen LogP contribution < -0.4 is 15.2 Å². The van der Waals surface area contributed by atoms with Crippen molar-refractivity contribution < 1.29 is 9.47 Å². The van der Waals surface area contributed by atoms with Crippen LogP contribution in [0.2, 0.25) is 5.02 Å². The van der Waals surface area contributed by atoms with Crippen LogP contribution in [-0.4, -0.2) is 37.7 Å². The van der Waals surface area contributed by atoms with Crippen molar-refractivity contribution in [2.45, 2.75) is 38.8 Å². The summed E-state index contributed by atoms with van der Waals surface area (Å²) in [6.07, 6.45) is 3.40. The molecule has 1 saturated carbocycles. The van der Waals surface area contributed by atoms with Gasteiger partial charge in [-0.15, -0.1) is 0 Å². The maximum absolute atomic E-state index is 6.41. The van der Waals surface area contributed by atoms with Gasteiger partial charge in [-0.3, -0.25) is 4.90 Å². The van der Waals surface area contributed by atoms with Crippen LogP contribution in [0, 0.1) is 11.8 Å². The number of hydrogen-bond acceptors (Lipinski definition) is 4. The molecule has 3 atom stereocenters. The number of halogens is 1. The van der Waals surface area contributed by atoms with Gasteiger partial charge in [0.1, 0.15) is 0 Å². The van der Waals surface area contributed by atoms with Crippen molar-refractivity contribution in [3.05, 3.63) is 22.7 Å². The molecular weight excluding hydrogens is 312 g/mol. The highest BCUT2D eigenvalue weighted by atomic mass is 35.5. The van der Waals surface area contributed by atoms with E-state index < -0.39 is 0 Å². The van der Waals surface area contributed by atoms with E-state index >= 15 is 0 Å². The molecule has 23 heavy (non-hydrogen) atoms. The Morgan fingerprint density at radius 2 is 2.13 bits per heavy atom. The second-order valence-corrected chi connectivity index (χ2v) is 7.22. The smallest absolute Gasteiger partial charge is 0.179 e. The Bertz CT molecular complexity index is 552. The molecule has 2 N–H and O–H groups in total. The Kier molecular flexibility index (Phi) is 5.34. The van der Waals surface area contributed by atoms with E-state index in [1.807, 2.05) is 12.1 Å². The van der Waals surface area contributed by atoms with Gasteiger partial charge in [0.15, 0.2) is 11.5 Å². The summed E-state index contributed by atoms with van der Waals surface area (Å²) in [4.78, 5) is 2.49. The molecule has 1 aromatic rings. The van der Waals surface area contributed by atoms with Crippen molar-refractivity contribution in [3.8, 4) is 11.5 Å². The van der Waals surface area contributed by atoms with E-state index in [0.29, 0.717) is 29.3 Å². The van der Waals surface area contributed by atoms with E-state index in [0.717, 1.165) is 37.7 Å². The molecule has 0 amide bonds. The molecular formula is C18H27ClN2O2. The van der Waals surface area contributed by atoms with E-state index in [2.05, 4.69) is 11.8 Å². The number of nitrogens with two attached hydrogens (primary N) is 1. The molecule has 0 aromatic heterocycles. The van der Waals surface area contributed by atoms with Crippen LogP contribution >= 0.6 is 11.6 Å². The molecule has 5 heteroatoms. The first-order valence-corrected chi connectivity index (χ1v) is 8.97. The van der Waals surface area contributed by atoms with Gasteiger partial charge >= 0.3 is 0 Å². The van der Waals surface area contributed by atoms with Gasteiger partial charge in [0.25, 0.3) is 0 Å². The lowest BCUT2D eigenvalue weighted by atomic mass is 9.98. The Labute approximate surface area is 143 Å². The molecule has 1 aliphatic heterocycles. The molecule has 2 aliphatic rings. The highest BCUT2D eigenvalue weighted by molar-refractivity contribution is 6.32. The largest absolute Gasteiger partial charge is 0.493 e. The Morgan fingerprint density at radius 1 is 1.30 bits per heavy atom. The summed E-state index contributed by atoms with van der Waals surface area (Å²) < 4.78 is 11.2. The normalized spacial score (nSPS) is 27.2. The summed E-state index contributed by atoms with van der Waals surface area (Å²) >= 11 is 6.41. The van der Waals surface area contributed by atoms with Gasteiger partial charge in [0.05, 0.1) is 18.7 Å². The van der Waals surface area contributed by atoms with Gasteiger partial charge in [-0.2, -0.15) is 0 Å². The minimum Gasteiger partial charge on any atom is -0.493 e. The van der Waals surface area contributed by atoms with E-state index in [4.69, 9.17) is 26.8 Å². The van der Waals surface area contributed by atoms with Crippen LogP contribution in [0.5, 0.6) is 11.5 Å². The molecule has 1 heterocycles. The lowest BCUT2D eigenvalue weighted by molar-refractivity contribution is 0.288. The van der Waals surface area contributed by atoms with E-state index in [-0.39, 0.29) is 0 Å². The molecule has 0 radical (unpaired) electrons. The standard InChI is InChI=1S/C18H27ClN2O2/c1-3-6-23-18-15(19)7-12(8-17(18)22-2)9-21-10-13-4-5-16(20)14(13)11-21/h7-8,13-14,16H,3-6,9-11,20H2,1-2H3/t13-,14+,16-/m0/s1. The number of rotatable bonds is 6. The SMILES string of the molecule is CCCOc1c(Cl)cc(CN2C[C@@H]3CC[C@H](N)[C@@H]3C2)cc1OC. The summed E-state index contributed by atoms with van der Waals surface area (Å²) in [5.74, 6) is 2.81. The zero-order valence-corrected chi connectivity index (χ0v) is 14.8. The first-order valence-electron chi connectivity index (χ1n) is 8.59. The van der Waals surface area contributed by atoms with Gasteiger partial charge in [-0.05, 0) is 48.8 Å². The average Bonchev–Trinajstić information content (AvgIpc) is 3.07. The fraction of sp³-hybridized carbons (Fsp3) is 0.667. The van der Waals surface area contributed by atoms with Gasteiger partial charge in [0, 0.05) is 25.7 Å². The van der Waals surface area contributed by atoms with Crippen LogP contribution in [0.4, 0.5) is 0 Å². The fourth-order valence-electron chi connectivity index (χ4n) is 4.00. The average molecular weight is 339 g/mol. The summed E-state index contributed by atoms with van der Waals surface area (Å²) in [6.45, 7) is 5.85. The van der Waals surface area contributed by atoms with Crippen LogP contribution in [0.1, 0.15) is 31.7 Å². The highest BCUT2D eigenvalue weighted by Gasteiger charge is 2.40. The Balaban J connectivity index is 1.70. The quantitative estimate of drug-likeness (QED) is 0.864. The topological polar surface area (TPSA) is 47.7 Å². The maximum atomic E-state index is 6.41. The predicted molar refractivity (Wildman–Crippen MR) is 93.3 cm³/mol. The number of likely N-dealkylation sites (tertiary alicyclic amines) is 1. The third-order valence-corrected chi connectivity index (χ3v) is 5.41. The first kappa shape index (κ1) is 16.9. The lowest BCUT2D eigenvalue weighted by Crippen LogP contribution is -2.30. The van der Waals surface area contributed by atoms with E-state index in [1.54, 1.807) is 7.11 Å². The van der Waals surface area contributed by atoms with E-state index in [1.165, 1.54) is 18.4 Å². The minimum atomic E-state index is 0.382. The van der Waals surface area contributed by atoms with Crippen molar-refractivity contribution in [1.29, 1.82) is 0 Å². The number of ether oxygens (including phenoxy) is 2. The summed E-state index contributed by atoms with van der Waals surface area (Å²) in [6, 6.07) is 4.43. The van der Waals surface area contributed by atoms with Crippen molar-refractivity contribution in [1.82, 2.24) is 4.90 Å². The number of benzene rings is 1. The Morgan fingerprint density at radius 3 is 2.83 bits per heavy atom. The molecule has 1 saturated heterocycles. The molecule has 0 bridgehead atoms. The van der Waals surface area contributed by atoms with Crippen LogP contribution in [0.25, 0.3) is 0 Å². The van der Waals surface area contributed by atoms with Crippen LogP contribution in [0.15, 0.2) is 12.1 Å². The number of methoxy groups -OCH3 is 1. The van der Waals surface area contributed by atoms with Gasteiger partial charge in [0.2, 0.25) is 0 Å². The molecule has 128 valence electrons. The summed E-state index contributed by atoms with van der Waals surface area (Å²) in [5.41, 5.74) is 7.40. The fourth-order valence-corrected chi connectivity index (χ4v) is 4.28. The molecule has 0 unspecified atom stereocenters. The molecule has 0 spiro atoms. The predicted octanol–water partition coefficient (Wildman–Crippen LogP) is 3.31. The summed E-state index contributed by atoms with van der Waals surface area (Å²) in [7, 11) is 1.66. The second kappa shape index (κ2) is 7.29. The number of hydrogen-bond donors (Lipinski definition) is 1. The zero-order chi connectivity index (χ0) is 16.4.